The lowest BCUT2D eigenvalue weighted by molar-refractivity contribution is -0.137. The zero-order valence-electron chi connectivity index (χ0n) is 16.5. The van der Waals surface area contributed by atoms with Gasteiger partial charge in [-0.3, -0.25) is 9.36 Å². The number of aromatic nitrogens is 4. The third-order valence-corrected chi connectivity index (χ3v) is 4.62. The molecule has 0 saturated carbocycles. The summed E-state index contributed by atoms with van der Waals surface area (Å²) in [6, 6.07) is 13.1. The molecule has 2 heterocycles. The number of alkyl halides is 3. The molecule has 0 radical (unpaired) electrons. The zero-order chi connectivity index (χ0) is 22.7. The SMILES string of the molecule is O=C(Nc1cccc(Cn2cccnc2=O)c1)c1cnn(-c2ccc(C(F)(F)F)cc2)c1. The van der Waals surface area contributed by atoms with E-state index >= 15 is 0 Å². The van der Waals surface area contributed by atoms with Crippen LogP contribution in [0.3, 0.4) is 0 Å². The fourth-order valence-electron chi connectivity index (χ4n) is 3.04. The number of anilines is 1. The van der Waals surface area contributed by atoms with Gasteiger partial charge >= 0.3 is 11.9 Å². The van der Waals surface area contributed by atoms with Gasteiger partial charge in [-0.05, 0) is 48.0 Å². The average Bonchev–Trinajstić information content (AvgIpc) is 3.26. The van der Waals surface area contributed by atoms with E-state index in [-0.39, 0.29) is 11.3 Å². The van der Waals surface area contributed by atoms with Crippen LogP contribution in [0.15, 0.2) is 84.2 Å². The lowest BCUT2D eigenvalue weighted by atomic mass is 10.2. The van der Waals surface area contributed by atoms with Gasteiger partial charge in [0.25, 0.3) is 5.91 Å². The molecule has 162 valence electrons. The summed E-state index contributed by atoms with van der Waals surface area (Å²) < 4.78 is 40.9. The van der Waals surface area contributed by atoms with Crippen molar-refractivity contribution in [2.24, 2.45) is 0 Å². The normalized spacial score (nSPS) is 11.3. The van der Waals surface area contributed by atoms with Crippen LogP contribution in [0, 0.1) is 0 Å². The molecule has 7 nitrogen and oxygen atoms in total. The molecule has 0 aliphatic carbocycles. The van der Waals surface area contributed by atoms with E-state index in [9.17, 15) is 22.8 Å². The van der Waals surface area contributed by atoms with Crippen molar-refractivity contribution in [1.29, 1.82) is 0 Å². The number of rotatable bonds is 5. The van der Waals surface area contributed by atoms with Crippen LogP contribution in [0.5, 0.6) is 0 Å². The van der Waals surface area contributed by atoms with Gasteiger partial charge in [0.1, 0.15) is 0 Å². The lowest BCUT2D eigenvalue weighted by Crippen LogP contribution is -2.22. The van der Waals surface area contributed by atoms with E-state index < -0.39 is 17.6 Å². The fraction of sp³-hybridized carbons (Fsp3) is 0.0909. The van der Waals surface area contributed by atoms with Crippen LogP contribution < -0.4 is 11.0 Å². The molecular weight excluding hydrogens is 423 g/mol. The molecule has 0 aliphatic rings. The highest BCUT2D eigenvalue weighted by Crippen LogP contribution is 2.29. The summed E-state index contributed by atoms with van der Waals surface area (Å²) in [5.41, 5.74) is 0.794. The number of hydrogen-bond acceptors (Lipinski definition) is 4. The maximum atomic E-state index is 12.7. The average molecular weight is 439 g/mol. The Morgan fingerprint density at radius 2 is 1.84 bits per heavy atom. The van der Waals surface area contributed by atoms with E-state index in [1.807, 2.05) is 6.07 Å². The summed E-state index contributed by atoms with van der Waals surface area (Å²) in [7, 11) is 0. The lowest BCUT2D eigenvalue weighted by Gasteiger charge is -2.08. The third-order valence-electron chi connectivity index (χ3n) is 4.62. The first-order valence-electron chi connectivity index (χ1n) is 9.44. The molecule has 2 aromatic heterocycles. The number of carbonyl (C=O) groups is 1. The Balaban J connectivity index is 1.46. The standard InChI is InChI=1S/C22H16F3N5O2/c23-22(24,25)17-5-7-19(8-6-17)30-14-16(12-27-30)20(31)28-18-4-1-3-15(11-18)13-29-10-2-9-26-21(29)32/h1-12,14H,13H2,(H,28,31). The predicted molar refractivity (Wildman–Crippen MR) is 111 cm³/mol. The monoisotopic (exact) mass is 439 g/mol. The van der Waals surface area contributed by atoms with Gasteiger partial charge in [-0.25, -0.2) is 14.5 Å². The number of nitrogens with one attached hydrogen (secondary N) is 1. The van der Waals surface area contributed by atoms with Gasteiger partial charge in [-0.15, -0.1) is 0 Å². The largest absolute Gasteiger partial charge is 0.416 e. The first-order valence-corrected chi connectivity index (χ1v) is 9.44. The minimum Gasteiger partial charge on any atom is -0.322 e. The van der Waals surface area contributed by atoms with Crippen molar-refractivity contribution in [3.05, 3.63) is 107 Å². The number of halogens is 3. The van der Waals surface area contributed by atoms with Crippen molar-refractivity contribution in [1.82, 2.24) is 19.3 Å². The Bertz CT molecular complexity index is 1310. The molecule has 0 unspecified atom stereocenters. The summed E-state index contributed by atoms with van der Waals surface area (Å²) in [4.78, 5) is 28.1. The second kappa shape index (κ2) is 8.50. The minimum absolute atomic E-state index is 0.235. The highest BCUT2D eigenvalue weighted by atomic mass is 19.4. The smallest absolute Gasteiger partial charge is 0.322 e. The Labute approximate surface area is 179 Å². The van der Waals surface area contributed by atoms with E-state index in [2.05, 4.69) is 15.4 Å². The molecule has 32 heavy (non-hydrogen) atoms. The quantitative estimate of drug-likeness (QED) is 0.514. The summed E-state index contributed by atoms with van der Waals surface area (Å²) in [6.45, 7) is 0.294. The summed E-state index contributed by atoms with van der Waals surface area (Å²) in [5.74, 6) is -0.432. The third kappa shape index (κ3) is 4.75. The molecule has 0 atom stereocenters. The van der Waals surface area contributed by atoms with Crippen molar-refractivity contribution in [3.8, 4) is 5.69 Å². The molecule has 0 saturated heterocycles. The molecule has 1 N–H and O–H groups in total. The van der Waals surface area contributed by atoms with Gasteiger partial charge in [0.2, 0.25) is 0 Å². The maximum absolute atomic E-state index is 12.7. The second-order valence-electron chi connectivity index (χ2n) is 6.90. The number of nitrogens with zero attached hydrogens (tertiary/aromatic N) is 4. The molecule has 4 rings (SSSR count). The molecular formula is C22H16F3N5O2. The van der Waals surface area contributed by atoms with E-state index in [1.54, 1.807) is 30.5 Å². The Hall–Kier alpha value is -4.21. The summed E-state index contributed by atoms with van der Waals surface area (Å²) in [5, 5.41) is 6.80. The first-order chi connectivity index (χ1) is 15.3. The number of benzene rings is 2. The van der Waals surface area contributed by atoms with E-state index in [0.29, 0.717) is 17.9 Å². The zero-order valence-corrected chi connectivity index (χ0v) is 16.5. The molecule has 0 spiro atoms. The van der Waals surface area contributed by atoms with Crippen molar-refractivity contribution >= 4 is 11.6 Å². The Kier molecular flexibility index (Phi) is 5.59. The van der Waals surface area contributed by atoms with Crippen LogP contribution in [0.1, 0.15) is 21.5 Å². The van der Waals surface area contributed by atoms with E-state index in [0.717, 1.165) is 17.7 Å². The topological polar surface area (TPSA) is 81.8 Å². The van der Waals surface area contributed by atoms with Crippen molar-refractivity contribution in [2.75, 3.05) is 5.32 Å². The van der Waals surface area contributed by atoms with Crippen molar-refractivity contribution < 1.29 is 18.0 Å². The molecule has 4 aromatic rings. The molecule has 0 aliphatic heterocycles. The molecule has 2 aromatic carbocycles. The van der Waals surface area contributed by atoms with Crippen LogP contribution in [0.4, 0.5) is 18.9 Å². The maximum Gasteiger partial charge on any atom is 0.416 e. The van der Waals surface area contributed by atoms with Gasteiger partial charge in [0, 0.05) is 24.3 Å². The highest BCUT2D eigenvalue weighted by molar-refractivity contribution is 6.04. The van der Waals surface area contributed by atoms with Gasteiger partial charge < -0.3 is 5.32 Å². The molecule has 10 heteroatoms. The van der Waals surface area contributed by atoms with Crippen LogP contribution in [-0.2, 0) is 12.7 Å². The van der Waals surface area contributed by atoms with E-state index in [1.165, 1.54) is 40.0 Å². The van der Waals surface area contributed by atoms with Crippen molar-refractivity contribution in [2.45, 2.75) is 12.7 Å². The molecule has 0 bridgehead atoms. The summed E-state index contributed by atoms with van der Waals surface area (Å²) >= 11 is 0. The van der Waals surface area contributed by atoms with Gasteiger partial charge in [-0.2, -0.15) is 18.3 Å². The van der Waals surface area contributed by atoms with Crippen LogP contribution in [0.25, 0.3) is 5.69 Å². The van der Waals surface area contributed by atoms with Crippen LogP contribution >= 0.6 is 0 Å². The van der Waals surface area contributed by atoms with E-state index in [4.69, 9.17) is 0 Å². The number of carbonyl (C=O) groups excluding carboxylic acids is 1. The second-order valence-corrected chi connectivity index (χ2v) is 6.90. The summed E-state index contributed by atoms with van der Waals surface area (Å²) in [6.07, 6.45) is 1.37. The van der Waals surface area contributed by atoms with Crippen molar-refractivity contribution in [3.63, 3.8) is 0 Å². The van der Waals surface area contributed by atoms with Gasteiger partial charge in [0.15, 0.2) is 0 Å². The highest BCUT2D eigenvalue weighted by Gasteiger charge is 2.30. The first kappa shape index (κ1) is 21.0. The fourth-order valence-corrected chi connectivity index (χ4v) is 3.04. The van der Waals surface area contributed by atoms with Crippen LogP contribution in [-0.4, -0.2) is 25.2 Å². The minimum atomic E-state index is -4.42. The predicted octanol–water partition coefficient (Wildman–Crippen LogP) is 3.75. The number of hydrogen-bond donors (Lipinski definition) is 1. The Morgan fingerprint density at radius 1 is 1.06 bits per heavy atom. The number of amides is 1. The Morgan fingerprint density at radius 3 is 2.56 bits per heavy atom. The van der Waals surface area contributed by atoms with Crippen LogP contribution in [0.2, 0.25) is 0 Å². The van der Waals surface area contributed by atoms with Gasteiger partial charge in [0.05, 0.1) is 29.6 Å². The molecule has 1 amide bonds. The van der Waals surface area contributed by atoms with Gasteiger partial charge in [-0.1, -0.05) is 12.1 Å². The molecule has 0 fully saturated rings.